The van der Waals surface area contributed by atoms with Crippen molar-refractivity contribution in [1.82, 2.24) is 4.57 Å². The molecule has 0 saturated heterocycles. The summed E-state index contributed by atoms with van der Waals surface area (Å²) in [4.78, 5) is 31.6. The fourth-order valence-corrected chi connectivity index (χ4v) is 4.93. The maximum absolute atomic E-state index is 13.5. The van der Waals surface area contributed by atoms with Gasteiger partial charge in [0, 0.05) is 4.88 Å². The highest BCUT2D eigenvalue weighted by Crippen LogP contribution is 2.30. The molecule has 1 aliphatic rings. The molecule has 8 heteroatoms. The Kier molecular flexibility index (Phi) is 4.82. The summed E-state index contributed by atoms with van der Waals surface area (Å²) in [6.07, 6.45) is 1.81. The van der Waals surface area contributed by atoms with Crippen molar-refractivity contribution in [1.29, 1.82) is 0 Å². The molecule has 0 amide bonds. The summed E-state index contributed by atoms with van der Waals surface area (Å²) in [5.41, 5.74) is 1.11. The molecule has 0 bridgehead atoms. The Morgan fingerprint density at radius 1 is 1.29 bits per heavy atom. The third-order valence-corrected chi connectivity index (χ3v) is 6.23. The van der Waals surface area contributed by atoms with Crippen molar-refractivity contribution in [2.45, 2.75) is 13.0 Å². The zero-order valence-electron chi connectivity index (χ0n) is 15.0. The van der Waals surface area contributed by atoms with Crippen molar-refractivity contribution in [3.8, 4) is 0 Å². The van der Waals surface area contributed by atoms with E-state index >= 15 is 0 Å². The van der Waals surface area contributed by atoms with E-state index in [0.717, 1.165) is 4.88 Å². The van der Waals surface area contributed by atoms with Gasteiger partial charge in [-0.05, 0) is 42.1 Å². The van der Waals surface area contributed by atoms with Crippen molar-refractivity contribution in [3.63, 3.8) is 0 Å². The van der Waals surface area contributed by atoms with Crippen molar-refractivity contribution >= 4 is 34.7 Å². The lowest BCUT2D eigenvalue weighted by molar-refractivity contribution is -0.136. The highest BCUT2D eigenvalue weighted by Gasteiger charge is 2.33. The summed E-state index contributed by atoms with van der Waals surface area (Å²) in [5, 5.41) is 1.93. The number of allylic oxidation sites excluding steroid dienone is 1. The number of esters is 1. The van der Waals surface area contributed by atoms with Gasteiger partial charge in [-0.15, -0.1) is 11.3 Å². The number of halogens is 1. The van der Waals surface area contributed by atoms with Gasteiger partial charge in [0.15, 0.2) is 4.80 Å². The average Bonchev–Trinajstić information content (AvgIpc) is 3.29. The number of benzene rings is 1. The lowest BCUT2D eigenvalue weighted by Gasteiger charge is -2.24. The van der Waals surface area contributed by atoms with E-state index in [4.69, 9.17) is 4.74 Å². The second-order valence-electron chi connectivity index (χ2n) is 6.14. The van der Waals surface area contributed by atoms with Crippen LogP contribution in [0.4, 0.5) is 4.39 Å². The monoisotopic (exact) mass is 414 g/mol. The Hall–Kier alpha value is -2.84. The van der Waals surface area contributed by atoms with Crippen LogP contribution in [-0.2, 0) is 9.53 Å². The first kappa shape index (κ1) is 18.5. The molecule has 3 heterocycles. The lowest BCUT2D eigenvalue weighted by atomic mass is 9.96. The molecular weight excluding hydrogens is 399 g/mol. The molecule has 0 radical (unpaired) electrons. The molecule has 1 unspecified atom stereocenters. The van der Waals surface area contributed by atoms with Crippen LogP contribution in [-0.4, -0.2) is 17.6 Å². The molecule has 1 aromatic carbocycles. The van der Waals surface area contributed by atoms with Crippen molar-refractivity contribution in [3.05, 3.63) is 89.0 Å². The second-order valence-corrected chi connectivity index (χ2v) is 8.13. The van der Waals surface area contributed by atoms with E-state index in [1.807, 2.05) is 23.6 Å². The number of nitrogens with zero attached hydrogens (tertiary/aromatic N) is 2. The van der Waals surface area contributed by atoms with Gasteiger partial charge >= 0.3 is 5.97 Å². The molecule has 0 spiro atoms. The number of fused-ring (bicyclic) bond motifs is 1. The van der Waals surface area contributed by atoms with E-state index in [2.05, 4.69) is 4.99 Å². The van der Waals surface area contributed by atoms with Gasteiger partial charge in [0.25, 0.3) is 5.56 Å². The zero-order chi connectivity index (χ0) is 19.8. The Balaban J connectivity index is 2.00. The second kappa shape index (κ2) is 7.29. The number of hydrogen-bond acceptors (Lipinski definition) is 6. The van der Waals surface area contributed by atoms with E-state index < -0.39 is 17.8 Å². The van der Waals surface area contributed by atoms with Gasteiger partial charge in [-0.2, -0.15) is 0 Å². The normalized spacial score (nSPS) is 16.7. The number of thiophene rings is 1. The van der Waals surface area contributed by atoms with Crippen LogP contribution in [0.1, 0.15) is 23.4 Å². The van der Waals surface area contributed by atoms with E-state index in [1.54, 1.807) is 19.1 Å². The highest BCUT2D eigenvalue weighted by atomic mass is 32.1. The van der Waals surface area contributed by atoms with Crippen LogP contribution in [0.5, 0.6) is 0 Å². The molecular formula is C20H15FN2O3S2. The molecule has 0 N–H and O–H groups in total. The third kappa shape index (κ3) is 3.14. The summed E-state index contributed by atoms with van der Waals surface area (Å²) in [6, 6.07) is 8.85. The molecule has 3 aromatic rings. The Morgan fingerprint density at radius 2 is 2.04 bits per heavy atom. The summed E-state index contributed by atoms with van der Waals surface area (Å²) in [5.74, 6) is -0.961. The number of thiazole rings is 1. The zero-order valence-corrected chi connectivity index (χ0v) is 16.6. The molecule has 0 saturated carbocycles. The maximum atomic E-state index is 13.5. The molecule has 4 rings (SSSR count). The van der Waals surface area contributed by atoms with Crippen molar-refractivity contribution in [2.24, 2.45) is 4.99 Å². The third-order valence-electron chi connectivity index (χ3n) is 4.43. The van der Waals surface area contributed by atoms with Gasteiger partial charge in [-0.25, -0.2) is 14.2 Å². The van der Waals surface area contributed by atoms with Gasteiger partial charge in [0.1, 0.15) is 5.82 Å². The van der Waals surface area contributed by atoms with Crippen LogP contribution in [0, 0.1) is 5.82 Å². The summed E-state index contributed by atoms with van der Waals surface area (Å²) >= 11 is 2.79. The quantitative estimate of drug-likeness (QED) is 0.619. The Bertz CT molecular complexity index is 1250. The van der Waals surface area contributed by atoms with Gasteiger partial charge in [-0.3, -0.25) is 9.36 Å². The van der Waals surface area contributed by atoms with Crippen LogP contribution in [0.25, 0.3) is 6.08 Å². The van der Waals surface area contributed by atoms with Gasteiger partial charge < -0.3 is 4.74 Å². The fourth-order valence-electron chi connectivity index (χ4n) is 3.16. The number of aromatic nitrogens is 1. The lowest BCUT2D eigenvalue weighted by Crippen LogP contribution is -2.39. The van der Waals surface area contributed by atoms with E-state index in [1.165, 1.54) is 46.5 Å². The highest BCUT2D eigenvalue weighted by molar-refractivity contribution is 7.11. The Morgan fingerprint density at radius 3 is 2.68 bits per heavy atom. The van der Waals surface area contributed by atoms with Crippen molar-refractivity contribution < 1.29 is 13.9 Å². The molecule has 142 valence electrons. The van der Waals surface area contributed by atoms with E-state index in [9.17, 15) is 14.0 Å². The van der Waals surface area contributed by atoms with Crippen molar-refractivity contribution in [2.75, 3.05) is 7.11 Å². The predicted molar refractivity (Wildman–Crippen MR) is 107 cm³/mol. The maximum Gasteiger partial charge on any atom is 0.338 e. The summed E-state index contributed by atoms with van der Waals surface area (Å²) < 4.78 is 20.4. The van der Waals surface area contributed by atoms with Gasteiger partial charge in [-0.1, -0.05) is 29.5 Å². The number of carbonyl (C=O) groups excluding carboxylic acids is 1. The number of methoxy groups -OCH3 is 1. The largest absolute Gasteiger partial charge is 0.466 e. The molecule has 1 atom stereocenters. The fraction of sp³-hybridized carbons (Fsp3) is 0.150. The SMILES string of the molecule is COC(=O)C1=C(C)N=c2sc(=Cc3cccs3)c(=O)n2C1c1ccc(F)cc1. The van der Waals surface area contributed by atoms with Crippen LogP contribution in [0.3, 0.4) is 0 Å². The minimum atomic E-state index is -0.727. The minimum Gasteiger partial charge on any atom is -0.466 e. The van der Waals surface area contributed by atoms with Crippen LogP contribution >= 0.6 is 22.7 Å². The minimum absolute atomic E-state index is 0.250. The molecule has 5 nitrogen and oxygen atoms in total. The smallest absolute Gasteiger partial charge is 0.338 e. The number of ether oxygens (including phenoxy) is 1. The Labute approximate surface area is 167 Å². The summed E-state index contributed by atoms with van der Waals surface area (Å²) in [7, 11) is 1.28. The van der Waals surface area contributed by atoms with Crippen LogP contribution < -0.4 is 14.9 Å². The molecule has 0 fully saturated rings. The molecule has 0 aliphatic carbocycles. The standard InChI is InChI=1S/C20H15FN2O3S2/c1-11-16(19(25)26-2)17(12-5-7-13(21)8-6-12)23-18(24)15(28-20(23)22-11)10-14-4-3-9-27-14/h3-10,17H,1-2H3. The van der Waals surface area contributed by atoms with Crippen LogP contribution in [0.15, 0.2) is 62.8 Å². The first-order valence-electron chi connectivity index (χ1n) is 8.39. The van der Waals surface area contributed by atoms with E-state index in [-0.39, 0.29) is 11.1 Å². The van der Waals surface area contributed by atoms with Gasteiger partial charge in [0.2, 0.25) is 0 Å². The first-order chi connectivity index (χ1) is 13.5. The first-order valence-corrected chi connectivity index (χ1v) is 10.1. The van der Waals surface area contributed by atoms with Crippen LogP contribution in [0.2, 0.25) is 0 Å². The molecule has 28 heavy (non-hydrogen) atoms. The number of carbonyl (C=O) groups is 1. The summed E-state index contributed by atoms with van der Waals surface area (Å²) in [6.45, 7) is 1.71. The number of hydrogen-bond donors (Lipinski definition) is 0. The number of rotatable bonds is 3. The van der Waals surface area contributed by atoms with E-state index in [0.29, 0.717) is 20.6 Å². The topological polar surface area (TPSA) is 60.7 Å². The molecule has 2 aromatic heterocycles. The molecule has 1 aliphatic heterocycles. The van der Waals surface area contributed by atoms with Gasteiger partial charge in [0.05, 0.1) is 29.0 Å². The predicted octanol–water partition coefficient (Wildman–Crippen LogP) is 2.61. The average molecular weight is 414 g/mol.